The van der Waals surface area contributed by atoms with E-state index in [4.69, 9.17) is 44.3 Å². The first-order valence-corrected chi connectivity index (χ1v) is 17.7. The third-order valence-electron chi connectivity index (χ3n) is 7.76. The van der Waals surface area contributed by atoms with Crippen LogP contribution in [0.4, 0.5) is 5.69 Å². The maximum Gasteiger partial charge on any atom is 0.324 e. The number of aromatic nitrogens is 1. The van der Waals surface area contributed by atoms with E-state index < -0.39 is 17.4 Å². The van der Waals surface area contributed by atoms with Crippen LogP contribution in [0.25, 0.3) is 16.3 Å². The maximum atomic E-state index is 13.6. The summed E-state index contributed by atoms with van der Waals surface area (Å²) < 4.78 is 13.9. The van der Waals surface area contributed by atoms with E-state index in [1.54, 1.807) is 25.6 Å². The molecular formula is C34H34Cl3N2O5S2+. The number of anilines is 1. The van der Waals surface area contributed by atoms with Crippen LogP contribution < -0.4 is 9.47 Å². The largest absolute Gasteiger partial charge is 0.465 e. The predicted molar refractivity (Wildman–Crippen MR) is 187 cm³/mol. The first-order valence-electron chi connectivity index (χ1n) is 15.0. The number of halogens is 3. The molecule has 0 bridgehead atoms. The number of esters is 2. The van der Waals surface area contributed by atoms with Gasteiger partial charge in [0.25, 0.3) is 5.01 Å². The lowest BCUT2D eigenvalue weighted by molar-refractivity contribution is -0.670. The molecule has 0 radical (unpaired) electrons. The highest BCUT2D eigenvalue weighted by molar-refractivity contribution is 8.03. The Morgan fingerprint density at radius 3 is 2.35 bits per heavy atom. The molecule has 2 aromatic carbocycles. The first kappa shape index (κ1) is 34.5. The summed E-state index contributed by atoms with van der Waals surface area (Å²) in [7, 11) is 0. The Bertz CT molecular complexity index is 1780. The minimum Gasteiger partial charge on any atom is -0.465 e. The average Bonchev–Trinajstić information content (AvgIpc) is 3.56. The smallest absolute Gasteiger partial charge is 0.324 e. The van der Waals surface area contributed by atoms with Crippen LogP contribution >= 0.6 is 57.9 Å². The fourth-order valence-electron chi connectivity index (χ4n) is 5.65. The number of aliphatic hydroxyl groups is 1. The minimum atomic E-state index is -1.62. The number of fused-ring (bicyclic) bond motifs is 2. The van der Waals surface area contributed by atoms with Crippen LogP contribution in [0.3, 0.4) is 0 Å². The van der Waals surface area contributed by atoms with Gasteiger partial charge in [0.05, 0.1) is 23.9 Å². The molecular weight excluding hydrogens is 687 g/mol. The molecule has 1 aliphatic carbocycles. The molecule has 242 valence electrons. The summed E-state index contributed by atoms with van der Waals surface area (Å²) in [5.74, 6) is -1.30. The number of nitrogens with zero attached hydrogens (tertiary/aromatic N) is 2. The Hall–Kier alpha value is -2.79. The van der Waals surface area contributed by atoms with Crippen molar-refractivity contribution in [3.8, 4) is 0 Å². The van der Waals surface area contributed by atoms with Crippen molar-refractivity contribution in [2.45, 2.75) is 45.1 Å². The Kier molecular flexibility index (Phi) is 11.2. The molecule has 0 fully saturated rings. The molecule has 3 aromatic rings. The summed E-state index contributed by atoms with van der Waals surface area (Å²) in [4.78, 5) is 30.5. The monoisotopic (exact) mass is 719 g/mol. The van der Waals surface area contributed by atoms with Crippen molar-refractivity contribution in [1.82, 2.24) is 0 Å². The van der Waals surface area contributed by atoms with E-state index in [9.17, 15) is 14.7 Å². The number of benzene rings is 2. The van der Waals surface area contributed by atoms with Crippen LogP contribution in [-0.2, 0) is 25.6 Å². The second-order valence-electron chi connectivity index (χ2n) is 10.6. The van der Waals surface area contributed by atoms with Gasteiger partial charge in [-0.15, -0.1) is 0 Å². The number of carbonyl (C=O) groups excluding carboxylic acids is 2. The fraction of sp³-hybridized carbons (Fsp3) is 0.324. The summed E-state index contributed by atoms with van der Waals surface area (Å²) in [5, 5.41) is 13.3. The lowest BCUT2D eigenvalue weighted by Crippen LogP contribution is -2.44. The number of allylic oxidation sites excluding steroid dienone is 6. The summed E-state index contributed by atoms with van der Waals surface area (Å²) in [6.07, 6.45) is 7.57. The van der Waals surface area contributed by atoms with E-state index in [0.29, 0.717) is 32.8 Å². The molecule has 0 saturated carbocycles. The van der Waals surface area contributed by atoms with Gasteiger partial charge in [0.15, 0.2) is 12.0 Å². The summed E-state index contributed by atoms with van der Waals surface area (Å²) in [6, 6.07) is 11.4. The highest BCUT2D eigenvalue weighted by atomic mass is 35.5. The number of ether oxygens (including phenoxy) is 2. The molecule has 2 aliphatic rings. The Morgan fingerprint density at radius 2 is 1.67 bits per heavy atom. The van der Waals surface area contributed by atoms with E-state index in [1.807, 2.05) is 65.3 Å². The molecule has 0 saturated heterocycles. The van der Waals surface area contributed by atoms with Gasteiger partial charge in [-0.25, -0.2) is 0 Å². The molecule has 0 unspecified atom stereocenters. The van der Waals surface area contributed by atoms with Crippen molar-refractivity contribution in [1.29, 1.82) is 0 Å². The molecule has 0 atom stereocenters. The summed E-state index contributed by atoms with van der Waals surface area (Å²) in [6.45, 7) is 6.71. The Labute approximate surface area is 291 Å². The van der Waals surface area contributed by atoms with Crippen molar-refractivity contribution in [3.05, 3.63) is 90.9 Å². The van der Waals surface area contributed by atoms with Crippen LogP contribution in [0.15, 0.2) is 80.7 Å². The number of aliphatic hydroxyl groups excluding tert-OH is 1. The van der Waals surface area contributed by atoms with Gasteiger partial charge in [-0.1, -0.05) is 64.0 Å². The Balaban J connectivity index is 1.62. The number of thioether (sulfide) groups is 1. The Morgan fingerprint density at radius 1 is 0.978 bits per heavy atom. The number of rotatable bonds is 10. The van der Waals surface area contributed by atoms with Crippen molar-refractivity contribution < 1.29 is 28.7 Å². The normalized spacial score (nSPS) is 17.8. The molecule has 0 amide bonds. The van der Waals surface area contributed by atoms with Crippen LogP contribution in [0.2, 0.25) is 10.0 Å². The molecule has 12 heteroatoms. The SMILES string of the molecule is CCOC(=O)C1(C(=O)OCC)CC(/C=C/c2sc3ccc(Cl)cc3[n+]2CCO)=C(Cl)C(=C/C=C2/Sc3ccc(Cl)cc3N2CC)/C1. The number of carbonyl (C=O) groups is 2. The maximum absolute atomic E-state index is 13.6. The van der Waals surface area contributed by atoms with Gasteiger partial charge in [-0.3, -0.25) is 9.59 Å². The van der Waals surface area contributed by atoms with Gasteiger partial charge in [0, 0.05) is 51.5 Å². The van der Waals surface area contributed by atoms with Gasteiger partial charge in [-0.05, 0) is 74.4 Å². The zero-order valence-corrected chi connectivity index (χ0v) is 29.5. The number of thiazole rings is 1. The van der Waals surface area contributed by atoms with E-state index in [2.05, 4.69) is 11.8 Å². The van der Waals surface area contributed by atoms with E-state index in [1.165, 1.54) is 11.3 Å². The van der Waals surface area contributed by atoms with Crippen LogP contribution in [-0.4, -0.2) is 43.4 Å². The fourth-order valence-corrected chi connectivity index (χ4v) is 8.42. The quantitative estimate of drug-likeness (QED) is 0.128. The van der Waals surface area contributed by atoms with Crippen LogP contribution in [0.5, 0.6) is 0 Å². The number of hydrogen-bond donors (Lipinski definition) is 1. The second-order valence-corrected chi connectivity index (χ2v) is 14.0. The first-order chi connectivity index (χ1) is 22.1. The predicted octanol–water partition coefficient (Wildman–Crippen LogP) is 8.30. The van der Waals surface area contributed by atoms with Crippen LogP contribution in [0, 0.1) is 5.41 Å². The highest BCUT2D eigenvalue weighted by Gasteiger charge is 2.52. The average molecular weight is 721 g/mol. The van der Waals surface area contributed by atoms with Crippen molar-refractivity contribution in [2.75, 3.05) is 31.3 Å². The lowest BCUT2D eigenvalue weighted by atomic mass is 9.71. The summed E-state index contributed by atoms with van der Waals surface area (Å²) in [5.41, 5.74) is 1.50. The highest BCUT2D eigenvalue weighted by Crippen LogP contribution is 2.49. The van der Waals surface area contributed by atoms with Gasteiger partial charge >= 0.3 is 11.9 Å². The zero-order chi connectivity index (χ0) is 33.0. The van der Waals surface area contributed by atoms with Gasteiger partial charge in [0.2, 0.25) is 5.52 Å². The third kappa shape index (κ3) is 6.91. The number of hydrogen-bond acceptors (Lipinski definition) is 8. The van der Waals surface area contributed by atoms with Gasteiger partial charge in [-0.2, -0.15) is 4.57 Å². The van der Waals surface area contributed by atoms with Crippen molar-refractivity contribution >= 4 is 91.8 Å². The molecule has 5 rings (SSSR count). The van der Waals surface area contributed by atoms with E-state index in [0.717, 1.165) is 37.4 Å². The second kappa shape index (κ2) is 15.0. The molecule has 0 spiro atoms. The van der Waals surface area contributed by atoms with Gasteiger partial charge in [0.1, 0.15) is 11.3 Å². The zero-order valence-electron chi connectivity index (χ0n) is 25.6. The molecule has 46 heavy (non-hydrogen) atoms. The minimum absolute atomic E-state index is 0.00438. The molecule has 1 N–H and O–H groups in total. The molecule has 7 nitrogen and oxygen atoms in total. The van der Waals surface area contributed by atoms with E-state index in [-0.39, 0.29) is 32.7 Å². The molecule has 1 aromatic heterocycles. The van der Waals surface area contributed by atoms with Crippen molar-refractivity contribution in [2.24, 2.45) is 5.41 Å². The molecule has 2 heterocycles. The third-order valence-corrected chi connectivity index (χ3v) is 11.0. The standard InChI is InChI=1S/C34H34Cl3N2O5S2/c1-4-38-25-17-23(35)9-11-27(25)45-29(38)13-7-21-19-34(32(41)43-5-2,33(42)44-6-3)20-22(31(21)37)8-14-30-39(15-16-40)26-18-24(36)10-12-28(26)46-30/h7-14,17-18,40H,4-6,15-16,19-20H2,1-3H3/q+1. The topological polar surface area (TPSA) is 80.0 Å². The molecule has 1 aliphatic heterocycles. The van der Waals surface area contributed by atoms with E-state index >= 15 is 0 Å². The summed E-state index contributed by atoms with van der Waals surface area (Å²) >= 11 is 22.8. The lowest BCUT2D eigenvalue weighted by Gasteiger charge is -2.34. The van der Waals surface area contributed by atoms with Crippen molar-refractivity contribution in [3.63, 3.8) is 0 Å². The van der Waals surface area contributed by atoms with Crippen LogP contribution in [0.1, 0.15) is 38.6 Å². The van der Waals surface area contributed by atoms with Gasteiger partial charge < -0.3 is 19.5 Å².